The molecule has 3 nitrogen and oxygen atoms in total. The molecule has 0 spiro atoms. The molecule has 18 heavy (non-hydrogen) atoms. The van der Waals surface area contributed by atoms with Crippen LogP contribution < -0.4 is 4.74 Å². The maximum absolute atomic E-state index is 12.6. The van der Waals surface area contributed by atoms with Crippen molar-refractivity contribution in [2.24, 2.45) is 0 Å². The molecule has 7 heteroatoms. The van der Waals surface area contributed by atoms with Crippen LogP contribution in [0.1, 0.15) is 12.0 Å². The second kappa shape index (κ2) is 5.48. The Bertz CT molecular complexity index is 446. The summed E-state index contributed by atoms with van der Waals surface area (Å²) in [7, 11) is 0. The van der Waals surface area contributed by atoms with Gasteiger partial charge in [-0.1, -0.05) is 11.6 Å². The van der Waals surface area contributed by atoms with Gasteiger partial charge in [-0.2, -0.15) is 13.2 Å². The topological polar surface area (TPSA) is 46.5 Å². The van der Waals surface area contributed by atoms with Gasteiger partial charge in [0.05, 0.1) is 6.42 Å². The minimum atomic E-state index is -4.75. The predicted molar refractivity (Wildman–Crippen MR) is 58.9 cm³/mol. The van der Waals surface area contributed by atoms with Crippen molar-refractivity contribution in [3.8, 4) is 5.75 Å². The summed E-state index contributed by atoms with van der Waals surface area (Å²) in [5, 5.41) is 8.80. The quantitative estimate of drug-likeness (QED) is 0.920. The van der Waals surface area contributed by atoms with Crippen LogP contribution in [-0.2, 0) is 4.79 Å². The first-order valence-electron chi connectivity index (χ1n) is 4.91. The molecule has 0 aromatic heterocycles. The molecule has 0 aliphatic carbocycles. The van der Waals surface area contributed by atoms with Gasteiger partial charge in [0.1, 0.15) is 5.75 Å². The van der Waals surface area contributed by atoms with Gasteiger partial charge in [0.25, 0.3) is 0 Å². The Morgan fingerprint density at radius 1 is 1.50 bits per heavy atom. The van der Waals surface area contributed by atoms with E-state index < -0.39 is 24.7 Å². The molecule has 0 amide bonds. The lowest BCUT2D eigenvalue weighted by Crippen LogP contribution is -2.36. The number of carboxylic acid groups (broad SMARTS) is 1. The summed E-state index contributed by atoms with van der Waals surface area (Å²) in [6, 6.07) is 4.08. The van der Waals surface area contributed by atoms with E-state index in [1.165, 1.54) is 25.1 Å². The maximum Gasteiger partial charge on any atom is 0.426 e. The molecule has 0 saturated heterocycles. The summed E-state index contributed by atoms with van der Waals surface area (Å²) >= 11 is 5.66. The molecule has 0 aliphatic heterocycles. The van der Waals surface area contributed by atoms with Crippen molar-refractivity contribution in [1.82, 2.24) is 0 Å². The Labute approximate surface area is 106 Å². The molecule has 1 unspecified atom stereocenters. The van der Waals surface area contributed by atoms with E-state index in [-0.39, 0.29) is 5.75 Å². The smallest absolute Gasteiger partial charge is 0.426 e. The van der Waals surface area contributed by atoms with E-state index in [1.54, 1.807) is 0 Å². The number of ether oxygens (including phenoxy) is 1. The number of hydrogen-bond acceptors (Lipinski definition) is 2. The first-order chi connectivity index (χ1) is 8.20. The zero-order chi connectivity index (χ0) is 13.9. The Morgan fingerprint density at radius 2 is 2.11 bits per heavy atom. The average molecular weight is 283 g/mol. The maximum atomic E-state index is 12.6. The molecule has 0 bridgehead atoms. The minimum Gasteiger partial charge on any atom is -0.481 e. The predicted octanol–water partition coefficient (Wildman–Crippen LogP) is 3.43. The highest BCUT2D eigenvalue weighted by Gasteiger charge is 2.43. The van der Waals surface area contributed by atoms with E-state index in [0.29, 0.717) is 10.6 Å². The van der Waals surface area contributed by atoms with Gasteiger partial charge in [-0.25, -0.2) is 0 Å². The van der Waals surface area contributed by atoms with Crippen molar-refractivity contribution >= 4 is 17.6 Å². The molecule has 0 radical (unpaired) electrons. The molecule has 1 N–H and O–H groups in total. The lowest BCUT2D eigenvalue weighted by molar-refractivity contribution is -0.200. The third-order valence-corrected chi connectivity index (χ3v) is 2.37. The van der Waals surface area contributed by atoms with Crippen LogP contribution in [0.4, 0.5) is 13.2 Å². The Balaban J connectivity index is 2.92. The van der Waals surface area contributed by atoms with Gasteiger partial charge in [-0.3, -0.25) is 4.79 Å². The van der Waals surface area contributed by atoms with Crippen LogP contribution in [0, 0.1) is 6.92 Å². The van der Waals surface area contributed by atoms with Crippen molar-refractivity contribution in [2.75, 3.05) is 0 Å². The van der Waals surface area contributed by atoms with E-state index in [9.17, 15) is 18.0 Å². The molecular formula is C11H10ClF3O3. The normalized spacial score (nSPS) is 13.2. The average Bonchev–Trinajstić information content (AvgIpc) is 2.18. The highest BCUT2D eigenvalue weighted by molar-refractivity contribution is 6.30. The fourth-order valence-electron chi connectivity index (χ4n) is 1.28. The number of hydrogen-bond donors (Lipinski definition) is 1. The standard InChI is InChI=1S/C11H10ClF3O3/c1-6-4-7(12)2-3-8(6)18-9(5-10(16)17)11(13,14)15/h2-4,9H,5H2,1H3,(H,16,17). The van der Waals surface area contributed by atoms with Crippen LogP contribution in [0.15, 0.2) is 18.2 Å². The third-order valence-electron chi connectivity index (χ3n) is 2.13. The fraction of sp³-hybridized carbons (Fsp3) is 0.364. The number of carbonyl (C=O) groups is 1. The fourth-order valence-corrected chi connectivity index (χ4v) is 1.51. The highest BCUT2D eigenvalue weighted by atomic mass is 35.5. The van der Waals surface area contributed by atoms with E-state index >= 15 is 0 Å². The Morgan fingerprint density at radius 3 is 2.56 bits per heavy atom. The van der Waals surface area contributed by atoms with Crippen LogP contribution in [0.25, 0.3) is 0 Å². The molecule has 1 aromatic carbocycles. The van der Waals surface area contributed by atoms with Crippen LogP contribution in [0.5, 0.6) is 5.75 Å². The number of aryl methyl sites for hydroxylation is 1. The van der Waals surface area contributed by atoms with Crippen molar-refractivity contribution < 1.29 is 27.8 Å². The van der Waals surface area contributed by atoms with E-state index in [0.717, 1.165) is 0 Å². The zero-order valence-corrected chi connectivity index (χ0v) is 10.0. The van der Waals surface area contributed by atoms with Crippen molar-refractivity contribution in [2.45, 2.75) is 25.6 Å². The van der Waals surface area contributed by atoms with Crippen molar-refractivity contribution in [1.29, 1.82) is 0 Å². The SMILES string of the molecule is Cc1cc(Cl)ccc1OC(CC(=O)O)C(F)(F)F. The second-order valence-corrected chi connectivity index (χ2v) is 4.09. The van der Waals surface area contributed by atoms with E-state index in [4.69, 9.17) is 21.4 Å². The number of benzene rings is 1. The summed E-state index contributed by atoms with van der Waals surface area (Å²) in [4.78, 5) is 10.4. The van der Waals surface area contributed by atoms with Gasteiger partial charge in [-0.15, -0.1) is 0 Å². The summed E-state index contributed by atoms with van der Waals surface area (Å²) in [5.74, 6) is -1.62. The summed E-state index contributed by atoms with van der Waals surface area (Å²) in [6.45, 7) is 1.52. The number of halogens is 4. The first kappa shape index (κ1) is 14.6. The van der Waals surface area contributed by atoms with Gasteiger partial charge in [0, 0.05) is 5.02 Å². The number of aliphatic carboxylic acids is 1. The van der Waals surface area contributed by atoms with E-state index in [1.807, 2.05) is 0 Å². The lowest BCUT2D eigenvalue weighted by Gasteiger charge is -2.21. The van der Waals surface area contributed by atoms with Crippen molar-refractivity contribution in [3.05, 3.63) is 28.8 Å². The van der Waals surface area contributed by atoms with Crippen LogP contribution in [0.2, 0.25) is 5.02 Å². The van der Waals surface area contributed by atoms with Gasteiger partial charge >= 0.3 is 12.1 Å². The lowest BCUT2D eigenvalue weighted by atomic mass is 10.2. The number of alkyl halides is 3. The third kappa shape index (κ3) is 4.10. The summed E-state index contributed by atoms with van der Waals surface area (Å²) in [5.41, 5.74) is 0.405. The van der Waals surface area contributed by atoms with Crippen LogP contribution in [-0.4, -0.2) is 23.4 Å². The van der Waals surface area contributed by atoms with E-state index in [2.05, 4.69) is 0 Å². The molecule has 0 saturated carbocycles. The Kier molecular flexibility index (Phi) is 4.45. The molecule has 0 fully saturated rings. The van der Waals surface area contributed by atoms with Gasteiger partial charge in [-0.05, 0) is 30.7 Å². The van der Waals surface area contributed by atoms with Crippen LogP contribution >= 0.6 is 11.6 Å². The first-order valence-corrected chi connectivity index (χ1v) is 5.29. The zero-order valence-electron chi connectivity index (χ0n) is 9.29. The van der Waals surface area contributed by atoms with Gasteiger partial charge < -0.3 is 9.84 Å². The molecule has 0 heterocycles. The molecule has 0 aliphatic rings. The highest BCUT2D eigenvalue weighted by Crippen LogP contribution is 2.30. The molecule has 1 aromatic rings. The number of carboxylic acids is 1. The van der Waals surface area contributed by atoms with Crippen LogP contribution in [0.3, 0.4) is 0 Å². The summed E-state index contributed by atoms with van der Waals surface area (Å²) < 4.78 is 42.4. The number of rotatable bonds is 4. The molecular weight excluding hydrogens is 273 g/mol. The summed E-state index contributed by atoms with van der Waals surface area (Å²) in [6.07, 6.45) is -8.27. The monoisotopic (exact) mass is 282 g/mol. The van der Waals surface area contributed by atoms with Crippen molar-refractivity contribution in [3.63, 3.8) is 0 Å². The minimum absolute atomic E-state index is 0.0389. The molecule has 1 rings (SSSR count). The molecule has 1 atom stereocenters. The second-order valence-electron chi connectivity index (χ2n) is 3.66. The van der Waals surface area contributed by atoms with Gasteiger partial charge in [0.2, 0.25) is 6.10 Å². The van der Waals surface area contributed by atoms with Gasteiger partial charge in [0.15, 0.2) is 0 Å². The Hall–Kier alpha value is -1.43. The largest absolute Gasteiger partial charge is 0.481 e. The molecule has 100 valence electrons.